The highest BCUT2D eigenvalue weighted by Crippen LogP contribution is 2.13. The van der Waals surface area contributed by atoms with Gasteiger partial charge in [0.2, 0.25) is 0 Å². The van der Waals surface area contributed by atoms with Gasteiger partial charge in [0.1, 0.15) is 0 Å². The number of hydrogen-bond donors (Lipinski definition) is 4. The third-order valence-electron chi connectivity index (χ3n) is 1.62. The highest BCUT2D eigenvalue weighted by atomic mass is 16.4. The molecule has 0 heterocycles. The first-order chi connectivity index (χ1) is 5.04. The maximum absolute atomic E-state index is 8.78. The van der Waals surface area contributed by atoms with Crippen molar-refractivity contribution < 1.29 is 9.90 Å². The molecule has 1 rings (SSSR count). The average Bonchev–Trinajstić information content (AvgIpc) is 2.15. The van der Waals surface area contributed by atoms with Crippen LogP contribution in [0.2, 0.25) is 0 Å². The van der Waals surface area contributed by atoms with Crippen LogP contribution in [0.4, 0.5) is 4.79 Å². The van der Waals surface area contributed by atoms with Crippen LogP contribution in [0.3, 0.4) is 0 Å². The molecule has 1 amide bonds. The number of nitrogens with two attached hydrogens (primary N) is 3. The van der Waals surface area contributed by atoms with Gasteiger partial charge in [-0.3, -0.25) is 0 Å². The molecule has 0 spiro atoms. The number of rotatable bonds is 0. The molecule has 0 aromatic rings. The van der Waals surface area contributed by atoms with E-state index in [2.05, 4.69) is 5.73 Å². The molecule has 0 radical (unpaired) electrons. The first kappa shape index (κ1) is 10.2. The number of carbonyl (C=O) groups is 1. The van der Waals surface area contributed by atoms with Crippen LogP contribution in [0.25, 0.3) is 0 Å². The molecule has 5 nitrogen and oxygen atoms in total. The summed E-state index contributed by atoms with van der Waals surface area (Å²) in [4.78, 5) is 8.78. The first-order valence-corrected chi connectivity index (χ1v) is 3.53. The molecule has 5 heteroatoms. The van der Waals surface area contributed by atoms with Gasteiger partial charge in [-0.05, 0) is 12.8 Å². The molecule has 66 valence electrons. The summed E-state index contributed by atoms with van der Waals surface area (Å²) in [5, 5.41) is 7.19. The fourth-order valence-electron chi connectivity index (χ4n) is 1.02. The van der Waals surface area contributed by atoms with Crippen molar-refractivity contribution >= 4 is 6.09 Å². The quantitative estimate of drug-likeness (QED) is 0.381. The molecule has 0 aliphatic heterocycles. The van der Waals surface area contributed by atoms with Crippen LogP contribution < -0.4 is 17.2 Å². The Morgan fingerprint density at radius 1 is 1.27 bits per heavy atom. The molecule has 0 aromatic heterocycles. The SMILES string of the molecule is NC(=O)O.NC1CCCC1N. The second-order valence-corrected chi connectivity index (χ2v) is 2.60. The average molecular weight is 161 g/mol. The number of carboxylic acid groups (broad SMARTS) is 1. The summed E-state index contributed by atoms with van der Waals surface area (Å²) in [5.74, 6) is 0. The zero-order valence-electron chi connectivity index (χ0n) is 6.36. The van der Waals surface area contributed by atoms with Gasteiger partial charge in [0, 0.05) is 12.1 Å². The van der Waals surface area contributed by atoms with Crippen LogP contribution in [-0.4, -0.2) is 23.3 Å². The number of hydrogen-bond acceptors (Lipinski definition) is 3. The maximum Gasteiger partial charge on any atom is 0.402 e. The lowest BCUT2D eigenvalue weighted by molar-refractivity contribution is 0.205. The van der Waals surface area contributed by atoms with Crippen molar-refractivity contribution in [3.05, 3.63) is 0 Å². The van der Waals surface area contributed by atoms with Gasteiger partial charge >= 0.3 is 6.09 Å². The lowest BCUT2D eigenvalue weighted by Crippen LogP contribution is -2.35. The summed E-state index contributed by atoms with van der Waals surface area (Å²) in [6.45, 7) is 0. The molecule has 1 aliphatic rings. The molecule has 2 atom stereocenters. The number of primary amides is 1. The van der Waals surface area contributed by atoms with Gasteiger partial charge in [0.15, 0.2) is 0 Å². The molecule has 1 aliphatic carbocycles. The Balaban J connectivity index is 0.000000218. The highest BCUT2D eigenvalue weighted by molar-refractivity contribution is 5.61. The highest BCUT2D eigenvalue weighted by Gasteiger charge is 2.18. The van der Waals surface area contributed by atoms with E-state index in [0.717, 1.165) is 12.8 Å². The second-order valence-electron chi connectivity index (χ2n) is 2.60. The fraction of sp³-hybridized carbons (Fsp3) is 0.833. The van der Waals surface area contributed by atoms with Gasteiger partial charge in [-0.1, -0.05) is 6.42 Å². The van der Waals surface area contributed by atoms with Crippen molar-refractivity contribution in [2.24, 2.45) is 17.2 Å². The van der Waals surface area contributed by atoms with Gasteiger partial charge in [0.25, 0.3) is 0 Å². The second kappa shape index (κ2) is 4.92. The predicted octanol–water partition coefficient (Wildman–Crippen LogP) is -0.552. The Morgan fingerprint density at radius 3 is 1.64 bits per heavy atom. The normalized spacial score (nSPS) is 28.9. The van der Waals surface area contributed by atoms with Crippen molar-refractivity contribution in [1.29, 1.82) is 0 Å². The Labute approximate surface area is 65.5 Å². The largest absolute Gasteiger partial charge is 0.465 e. The molecule has 0 aromatic carbocycles. The van der Waals surface area contributed by atoms with E-state index in [1.54, 1.807) is 0 Å². The molecule has 2 unspecified atom stereocenters. The third kappa shape index (κ3) is 5.63. The molecule has 1 saturated carbocycles. The van der Waals surface area contributed by atoms with E-state index in [1.165, 1.54) is 6.42 Å². The van der Waals surface area contributed by atoms with Crippen LogP contribution in [-0.2, 0) is 0 Å². The molecule has 11 heavy (non-hydrogen) atoms. The van der Waals surface area contributed by atoms with E-state index < -0.39 is 6.09 Å². The van der Waals surface area contributed by atoms with Crippen LogP contribution in [0.1, 0.15) is 19.3 Å². The molecular formula is C6H15N3O2. The van der Waals surface area contributed by atoms with E-state index in [9.17, 15) is 0 Å². The Morgan fingerprint density at radius 2 is 1.55 bits per heavy atom. The summed E-state index contributed by atoms with van der Waals surface area (Å²) in [5.41, 5.74) is 15.1. The summed E-state index contributed by atoms with van der Waals surface area (Å²) in [7, 11) is 0. The Hall–Kier alpha value is -0.810. The van der Waals surface area contributed by atoms with Crippen molar-refractivity contribution in [3.63, 3.8) is 0 Å². The third-order valence-corrected chi connectivity index (χ3v) is 1.62. The topological polar surface area (TPSA) is 115 Å². The molecule has 0 bridgehead atoms. The maximum atomic E-state index is 8.78. The minimum absolute atomic E-state index is 0.292. The predicted molar refractivity (Wildman–Crippen MR) is 42.0 cm³/mol. The zero-order valence-corrected chi connectivity index (χ0v) is 6.36. The van der Waals surface area contributed by atoms with Crippen LogP contribution >= 0.6 is 0 Å². The van der Waals surface area contributed by atoms with E-state index in [0.29, 0.717) is 12.1 Å². The van der Waals surface area contributed by atoms with Crippen molar-refractivity contribution in [2.45, 2.75) is 31.3 Å². The van der Waals surface area contributed by atoms with Crippen LogP contribution in [0.15, 0.2) is 0 Å². The van der Waals surface area contributed by atoms with E-state index in [1.807, 2.05) is 0 Å². The monoisotopic (exact) mass is 161 g/mol. The van der Waals surface area contributed by atoms with Gasteiger partial charge in [0.05, 0.1) is 0 Å². The lowest BCUT2D eigenvalue weighted by atomic mass is 10.2. The number of amides is 1. The lowest BCUT2D eigenvalue weighted by Gasteiger charge is -2.05. The summed E-state index contributed by atoms with van der Waals surface area (Å²) < 4.78 is 0. The van der Waals surface area contributed by atoms with Crippen molar-refractivity contribution in [2.75, 3.05) is 0 Å². The van der Waals surface area contributed by atoms with Crippen LogP contribution in [0.5, 0.6) is 0 Å². The molecular weight excluding hydrogens is 146 g/mol. The van der Waals surface area contributed by atoms with Gasteiger partial charge in [-0.2, -0.15) is 0 Å². The summed E-state index contributed by atoms with van der Waals surface area (Å²) in [6.07, 6.45) is 2.14. The van der Waals surface area contributed by atoms with E-state index in [4.69, 9.17) is 21.4 Å². The molecule has 1 fully saturated rings. The van der Waals surface area contributed by atoms with Gasteiger partial charge in [-0.15, -0.1) is 0 Å². The summed E-state index contributed by atoms with van der Waals surface area (Å²) in [6, 6.07) is 0.583. The van der Waals surface area contributed by atoms with Gasteiger partial charge in [-0.25, -0.2) is 4.79 Å². The van der Waals surface area contributed by atoms with Crippen LogP contribution in [0, 0.1) is 0 Å². The van der Waals surface area contributed by atoms with Gasteiger partial charge < -0.3 is 22.3 Å². The Kier molecular flexibility index (Phi) is 4.56. The minimum Gasteiger partial charge on any atom is -0.465 e. The van der Waals surface area contributed by atoms with Crippen molar-refractivity contribution in [3.8, 4) is 0 Å². The summed E-state index contributed by atoms with van der Waals surface area (Å²) >= 11 is 0. The fourth-order valence-corrected chi connectivity index (χ4v) is 1.02. The first-order valence-electron chi connectivity index (χ1n) is 3.53. The smallest absolute Gasteiger partial charge is 0.402 e. The minimum atomic E-state index is -1.33. The zero-order chi connectivity index (χ0) is 8.85. The van der Waals surface area contributed by atoms with E-state index in [-0.39, 0.29) is 0 Å². The Bertz CT molecular complexity index is 117. The molecule has 7 N–H and O–H groups in total. The van der Waals surface area contributed by atoms with Crippen molar-refractivity contribution in [1.82, 2.24) is 0 Å². The van der Waals surface area contributed by atoms with E-state index >= 15 is 0 Å². The molecule has 0 saturated heterocycles. The standard InChI is InChI=1S/C5H12N2.CH3NO2/c6-4-2-1-3-5(4)7;2-1(3)4/h4-5H,1-3,6-7H2;2H2,(H,3,4).